The van der Waals surface area contributed by atoms with Gasteiger partial charge >= 0.3 is 0 Å². The zero-order valence-electron chi connectivity index (χ0n) is 17.4. The van der Waals surface area contributed by atoms with E-state index < -0.39 is 10.0 Å². The molecule has 1 fully saturated rings. The Morgan fingerprint density at radius 3 is 2.67 bits per heavy atom. The van der Waals surface area contributed by atoms with E-state index in [-0.39, 0.29) is 17.6 Å². The van der Waals surface area contributed by atoms with Crippen LogP contribution in [0.3, 0.4) is 0 Å². The lowest BCUT2D eigenvalue weighted by Gasteiger charge is -2.32. The molecule has 2 aromatic carbocycles. The Bertz CT molecular complexity index is 931. The summed E-state index contributed by atoms with van der Waals surface area (Å²) in [5.41, 5.74) is 1.79. The van der Waals surface area contributed by atoms with Crippen molar-refractivity contribution in [2.24, 2.45) is 5.92 Å². The molecular formula is C23H30N2O4S. The molecule has 0 bridgehead atoms. The predicted molar refractivity (Wildman–Crippen MR) is 117 cm³/mol. The van der Waals surface area contributed by atoms with Crippen LogP contribution < -0.4 is 10.1 Å². The van der Waals surface area contributed by atoms with E-state index >= 15 is 0 Å². The second-order valence-electron chi connectivity index (χ2n) is 7.78. The summed E-state index contributed by atoms with van der Waals surface area (Å²) < 4.78 is 32.4. The lowest BCUT2D eigenvalue weighted by Crippen LogP contribution is -2.40. The molecule has 7 heteroatoms. The number of rotatable bonds is 9. The number of nitrogens with one attached hydrogen (secondary N) is 1. The van der Waals surface area contributed by atoms with Gasteiger partial charge in [0.15, 0.2) is 0 Å². The molecular weight excluding hydrogens is 400 g/mol. The molecule has 6 nitrogen and oxygen atoms in total. The fourth-order valence-corrected chi connectivity index (χ4v) is 5.44. The van der Waals surface area contributed by atoms with Crippen molar-refractivity contribution >= 4 is 15.9 Å². The molecule has 0 unspecified atom stereocenters. The standard InChI is InChI=1S/C23H30N2O4S/c1-29-22-11-5-9-21(15-22)16-24-23(26)13-12-19-10-6-14-25(17-19)30(27,28)18-20-7-3-2-4-8-20/h2-5,7-9,11,15,19H,6,10,12-14,16-18H2,1H3,(H,24,26)/t19-/m1/s1. The molecule has 1 saturated heterocycles. The van der Waals surface area contributed by atoms with Crippen molar-refractivity contribution in [1.82, 2.24) is 9.62 Å². The van der Waals surface area contributed by atoms with Crippen LogP contribution in [-0.2, 0) is 27.1 Å². The summed E-state index contributed by atoms with van der Waals surface area (Å²) in [6, 6.07) is 16.9. The molecule has 1 amide bonds. The van der Waals surface area contributed by atoms with E-state index in [1.165, 1.54) is 0 Å². The normalized spacial score (nSPS) is 17.4. The third-order valence-corrected chi connectivity index (χ3v) is 7.29. The van der Waals surface area contributed by atoms with Crippen molar-refractivity contribution in [1.29, 1.82) is 0 Å². The highest BCUT2D eigenvalue weighted by molar-refractivity contribution is 7.88. The van der Waals surface area contributed by atoms with Crippen LogP contribution in [0.5, 0.6) is 5.75 Å². The zero-order valence-corrected chi connectivity index (χ0v) is 18.2. The Morgan fingerprint density at radius 1 is 1.13 bits per heavy atom. The van der Waals surface area contributed by atoms with Gasteiger partial charge in [-0.15, -0.1) is 0 Å². The number of sulfonamides is 1. The van der Waals surface area contributed by atoms with Crippen LogP contribution in [0.25, 0.3) is 0 Å². The molecule has 1 heterocycles. The second-order valence-corrected chi connectivity index (χ2v) is 9.74. The summed E-state index contributed by atoms with van der Waals surface area (Å²) in [6.45, 7) is 1.52. The van der Waals surface area contributed by atoms with Gasteiger partial charge in [-0.05, 0) is 48.4 Å². The number of amides is 1. The van der Waals surface area contributed by atoms with Gasteiger partial charge in [0.2, 0.25) is 15.9 Å². The van der Waals surface area contributed by atoms with Crippen molar-refractivity contribution in [2.75, 3.05) is 20.2 Å². The number of carbonyl (C=O) groups is 1. The Balaban J connectivity index is 1.45. The van der Waals surface area contributed by atoms with Gasteiger partial charge in [0, 0.05) is 26.1 Å². The van der Waals surface area contributed by atoms with Gasteiger partial charge in [-0.2, -0.15) is 0 Å². The molecule has 0 saturated carbocycles. The first-order chi connectivity index (χ1) is 14.5. The Morgan fingerprint density at radius 2 is 1.90 bits per heavy atom. The Labute approximate surface area is 179 Å². The Hall–Kier alpha value is -2.38. The summed E-state index contributed by atoms with van der Waals surface area (Å²) in [6.07, 6.45) is 2.90. The number of nitrogens with zero attached hydrogens (tertiary/aromatic N) is 1. The molecule has 0 aromatic heterocycles. The van der Waals surface area contributed by atoms with E-state index in [1.54, 1.807) is 11.4 Å². The van der Waals surface area contributed by atoms with Crippen LogP contribution >= 0.6 is 0 Å². The van der Waals surface area contributed by atoms with Crippen LogP contribution in [0.2, 0.25) is 0 Å². The van der Waals surface area contributed by atoms with Crippen LogP contribution in [0.15, 0.2) is 54.6 Å². The second kappa shape index (κ2) is 10.6. The van der Waals surface area contributed by atoms with Gasteiger partial charge < -0.3 is 10.1 Å². The highest BCUT2D eigenvalue weighted by Crippen LogP contribution is 2.24. The van der Waals surface area contributed by atoms with E-state index in [2.05, 4.69) is 5.32 Å². The molecule has 0 spiro atoms. The minimum atomic E-state index is -3.34. The number of ether oxygens (including phenoxy) is 1. The van der Waals surface area contributed by atoms with E-state index in [9.17, 15) is 13.2 Å². The first kappa shape index (κ1) is 22.3. The Kier molecular flexibility index (Phi) is 7.87. The van der Waals surface area contributed by atoms with Gasteiger partial charge in [-0.3, -0.25) is 4.79 Å². The number of methoxy groups -OCH3 is 1. The highest BCUT2D eigenvalue weighted by Gasteiger charge is 2.29. The van der Waals surface area contributed by atoms with Crippen molar-refractivity contribution in [3.63, 3.8) is 0 Å². The van der Waals surface area contributed by atoms with E-state index in [0.717, 1.165) is 29.7 Å². The minimum absolute atomic E-state index is 0.0120. The van der Waals surface area contributed by atoms with Crippen molar-refractivity contribution in [3.05, 3.63) is 65.7 Å². The van der Waals surface area contributed by atoms with Gasteiger partial charge in [0.25, 0.3) is 0 Å². The molecule has 1 atom stereocenters. The maximum atomic E-state index is 12.8. The monoisotopic (exact) mass is 430 g/mol. The lowest BCUT2D eigenvalue weighted by molar-refractivity contribution is -0.121. The van der Waals surface area contributed by atoms with E-state index in [1.807, 2.05) is 54.6 Å². The highest BCUT2D eigenvalue weighted by atomic mass is 32.2. The first-order valence-corrected chi connectivity index (χ1v) is 12.0. The molecule has 0 radical (unpaired) electrons. The van der Waals surface area contributed by atoms with Crippen LogP contribution in [0.4, 0.5) is 0 Å². The quantitative estimate of drug-likeness (QED) is 0.662. The summed E-state index contributed by atoms with van der Waals surface area (Å²) in [5, 5.41) is 2.94. The van der Waals surface area contributed by atoms with E-state index in [4.69, 9.17) is 4.74 Å². The topological polar surface area (TPSA) is 75.7 Å². The average Bonchev–Trinajstić information content (AvgIpc) is 2.77. The van der Waals surface area contributed by atoms with Gasteiger partial charge in [0.1, 0.15) is 5.75 Å². The average molecular weight is 431 g/mol. The van der Waals surface area contributed by atoms with Crippen LogP contribution in [0, 0.1) is 5.92 Å². The molecule has 1 aliphatic rings. The number of benzene rings is 2. The van der Waals surface area contributed by atoms with Gasteiger partial charge in [-0.25, -0.2) is 12.7 Å². The molecule has 162 valence electrons. The lowest BCUT2D eigenvalue weighted by atomic mass is 9.94. The maximum absolute atomic E-state index is 12.8. The molecule has 2 aromatic rings. The molecule has 0 aliphatic carbocycles. The number of hydrogen-bond acceptors (Lipinski definition) is 4. The number of piperidine rings is 1. The smallest absolute Gasteiger partial charge is 0.220 e. The third-order valence-electron chi connectivity index (χ3n) is 5.47. The number of carbonyl (C=O) groups excluding carboxylic acids is 1. The number of hydrogen-bond donors (Lipinski definition) is 1. The molecule has 3 rings (SSSR count). The van der Waals surface area contributed by atoms with E-state index in [0.29, 0.717) is 32.5 Å². The molecule has 1 aliphatic heterocycles. The minimum Gasteiger partial charge on any atom is -0.497 e. The fraction of sp³-hybridized carbons (Fsp3) is 0.435. The summed E-state index contributed by atoms with van der Waals surface area (Å²) in [7, 11) is -1.72. The largest absolute Gasteiger partial charge is 0.497 e. The van der Waals surface area contributed by atoms with Crippen molar-refractivity contribution in [2.45, 2.75) is 38.0 Å². The third kappa shape index (κ3) is 6.57. The van der Waals surface area contributed by atoms with Crippen LogP contribution in [-0.4, -0.2) is 38.8 Å². The van der Waals surface area contributed by atoms with Crippen LogP contribution in [0.1, 0.15) is 36.8 Å². The predicted octanol–water partition coefficient (Wildman–Crippen LogP) is 3.33. The van der Waals surface area contributed by atoms with Crippen molar-refractivity contribution in [3.8, 4) is 5.75 Å². The summed E-state index contributed by atoms with van der Waals surface area (Å²) >= 11 is 0. The van der Waals surface area contributed by atoms with Gasteiger partial charge in [-0.1, -0.05) is 42.5 Å². The fourth-order valence-electron chi connectivity index (χ4n) is 3.80. The SMILES string of the molecule is COc1cccc(CNC(=O)CC[C@H]2CCCN(S(=O)(=O)Cc3ccccc3)C2)c1. The first-order valence-electron chi connectivity index (χ1n) is 10.4. The zero-order chi connectivity index (χ0) is 21.4. The summed E-state index contributed by atoms with van der Waals surface area (Å²) in [5.74, 6) is 0.997. The van der Waals surface area contributed by atoms with Gasteiger partial charge in [0.05, 0.1) is 12.9 Å². The van der Waals surface area contributed by atoms with Crippen molar-refractivity contribution < 1.29 is 17.9 Å². The maximum Gasteiger partial charge on any atom is 0.220 e. The molecule has 1 N–H and O–H groups in total. The molecule has 30 heavy (non-hydrogen) atoms. The summed E-state index contributed by atoms with van der Waals surface area (Å²) in [4.78, 5) is 12.3.